The Hall–Kier alpha value is -1.35. The van der Waals surface area contributed by atoms with Crippen LogP contribution in [0.1, 0.15) is 45.4 Å². The quantitative estimate of drug-likeness (QED) is 0.589. The van der Waals surface area contributed by atoms with Crippen LogP contribution in [0.4, 0.5) is 0 Å². The van der Waals surface area contributed by atoms with E-state index in [-0.39, 0.29) is 0 Å². The summed E-state index contributed by atoms with van der Waals surface area (Å²) >= 11 is 0. The van der Waals surface area contributed by atoms with E-state index in [0.717, 1.165) is 31.2 Å². The van der Waals surface area contributed by atoms with E-state index in [1.54, 1.807) is 0 Å². The van der Waals surface area contributed by atoms with Crippen molar-refractivity contribution in [2.45, 2.75) is 45.4 Å². The molecule has 0 fully saturated rings. The average Bonchev–Trinajstić information content (AvgIpc) is 2.42. The largest absolute Gasteiger partial charge is 0.388 e. The lowest BCUT2D eigenvalue weighted by atomic mass is 10.1. The Bertz CT molecular complexity index is 482. The van der Waals surface area contributed by atoms with Crippen LogP contribution < -0.4 is 20.9 Å². The molecule has 1 aliphatic rings. The molecule has 1 aliphatic carbocycles. The summed E-state index contributed by atoms with van der Waals surface area (Å²) < 4.78 is 0. The SMILES string of the molecule is CCCCCCNOc1ccc2c(n1)=CCCC=2. The number of nitrogens with zero attached hydrogens (tertiary/aromatic N) is 1. The van der Waals surface area contributed by atoms with Crippen LogP contribution >= 0.6 is 0 Å². The van der Waals surface area contributed by atoms with E-state index in [0.29, 0.717) is 5.88 Å². The van der Waals surface area contributed by atoms with Gasteiger partial charge in [-0.3, -0.25) is 0 Å². The van der Waals surface area contributed by atoms with Gasteiger partial charge < -0.3 is 4.84 Å². The molecule has 0 spiro atoms. The number of rotatable bonds is 7. The highest BCUT2D eigenvalue weighted by Crippen LogP contribution is 2.01. The van der Waals surface area contributed by atoms with Crippen LogP contribution in [-0.2, 0) is 0 Å². The van der Waals surface area contributed by atoms with Crippen molar-refractivity contribution in [2.24, 2.45) is 0 Å². The van der Waals surface area contributed by atoms with E-state index in [1.807, 2.05) is 6.07 Å². The summed E-state index contributed by atoms with van der Waals surface area (Å²) in [5.41, 5.74) is 2.98. The Kier molecular flexibility index (Phi) is 5.21. The maximum absolute atomic E-state index is 5.46. The lowest BCUT2D eigenvalue weighted by molar-refractivity contribution is 0.184. The lowest BCUT2D eigenvalue weighted by Crippen LogP contribution is -2.31. The molecular weight excluding hydrogens is 224 g/mol. The minimum Gasteiger partial charge on any atom is -0.388 e. The Labute approximate surface area is 109 Å². The molecule has 3 heteroatoms. The molecule has 18 heavy (non-hydrogen) atoms. The van der Waals surface area contributed by atoms with Gasteiger partial charge in [-0.05, 0) is 30.5 Å². The predicted octanol–water partition coefficient (Wildman–Crippen LogP) is 1.90. The maximum atomic E-state index is 5.46. The van der Waals surface area contributed by atoms with Crippen molar-refractivity contribution < 1.29 is 4.84 Å². The van der Waals surface area contributed by atoms with Crippen molar-refractivity contribution in [1.82, 2.24) is 10.5 Å². The highest BCUT2D eigenvalue weighted by atomic mass is 16.7. The molecule has 1 aromatic heterocycles. The van der Waals surface area contributed by atoms with E-state index in [2.05, 4.69) is 35.6 Å². The van der Waals surface area contributed by atoms with Gasteiger partial charge in [0.2, 0.25) is 5.88 Å². The van der Waals surface area contributed by atoms with Crippen LogP contribution in [0.25, 0.3) is 12.2 Å². The van der Waals surface area contributed by atoms with E-state index in [4.69, 9.17) is 4.84 Å². The zero-order valence-electron chi connectivity index (χ0n) is 11.1. The number of hydroxylamine groups is 1. The molecule has 0 saturated heterocycles. The summed E-state index contributed by atoms with van der Waals surface area (Å²) in [6.45, 7) is 3.10. The summed E-state index contributed by atoms with van der Waals surface area (Å²) in [5.74, 6) is 0.663. The molecule has 0 unspecified atom stereocenters. The van der Waals surface area contributed by atoms with Gasteiger partial charge in [0.1, 0.15) is 0 Å². The van der Waals surface area contributed by atoms with Gasteiger partial charge in [-0.15, -0.1) is 0 Å². The monoisotopic (exact) mass is 246 g/mol. The van der Waals surface area contributed by atoms with Crippen LogP contribution in [0, 0.1) is 0 Å². The van der Waals surface area contributed by atoms with Gasteiger partial charge in [-0.25, -0.2) is 4.98 Å². The molecule has 1 aromatic rings. The van der Waals surface area contributed by atoms with Crippen molar-refractivity contribution in [3.63, 3.8) is 0 Å². The third-order valence-corrected chi connectivity index (χ3v) is 3.11. The molecule has 0 radical (unpaired) electrons. The lowest BCUT2D eigenvalue weighted by Gasteiger charge is -2.07. The van der Waals surface area contributed by atoms with Crippen LogP contribution in [-0.4, -0.2) is 11.5 Å². The smallest absolute Gasteiger partial charge is 0.238 e. The van der Waals surface area contributed by atoms with E-state index in [9.17, 15) is 0 Å². The average molecular weight is 246 g/mol. The molecule has 2 rings (SSSR count). The van der Waals surface area contributed by atoms with Gasteiger partial charge in [0.25, 0.3) is 0 Å². The molecule has 1 heterocycles. The van der Waals surface area contributed by atoms with E-state index < -0.39 is 0 Å². The fourth-order valence-electron chi connectivity index (χ4n) is 2.07. The van der Waals surface area contributed by atoms with Crippen molar-refractivity contribution in [3.8, 4) is 5.88 Å². The molecular formula is C15H22N2O. The second-order valence-electron chi connectivity index (χ2n) is 4.67. The number of pyridine rings is 1. The molecule has 0 aliphatic heterocycles. The number of unbranched alkanes of at least 4 members (excludes halogenated alkanes) is 3. The van der Waals surface area contributed by atoms with Gasteiger partial charge in [-0.2, -0.15) is 5.48 Å². The van der Waals surface area contributed by atoms with Crippen LogP contribution in [0.15, 0.2) is 12.1 Å². The summed E-state index contributed by atoms with van der Waals surface area (Å²) in [7, 11) is 0. The molecule has 0 bridgehead atoms. The first-order valence-electron chi connectivity index (χ1n) is 6.97. The summed E-state index contributed by atoms with van der Waals surface area (Å²) in [5, 5.41) is 2.27. The first-order valence-corrected chi connectivity index (χ1v) is 6.97. The molecule has 0 aromatic carbocycles. The maximum Gasteiger partial charge on any atom is 0.238 e. The molecule has 1 N–H and O–H groups in total. The third kappa shape index (κ3) is 3.84. The highest BCUT2D eigenvalue weighted by Gasteiger charge is 1.98. The Morgan fingerprint density at radius 3 is 2.94 bits per heavy atom. The minimum absolute atomic E-state index is 0.663. The van der Waals surface area contributed by atoms with Crippen LogP contribution in [0.2, 0.25) is 0 Å². The second-order valence-corrected chi connectivity index (χ2v) is 4.67. The third-order valence-electron chi connectivity index (χ3n) is 3.11. The van der Waals surface area contributed by atoms with Crippen molar-refractivity contribution in [3.05, 3.63) is 22.7 Å². The zero-order chi connectivity index (χ0) is 12.6. The Morgan fingerprint density at radius 1 is 1.17 bits per heavy atom. The molecule has 0 atom stereocenters. The number of fused-ring (bicyclic) bond motifs is 1. The van der Waals surface area contributed by atoms with Crippen molar-refractivity contribution in [1.29, 1.82) is 0 Å². The first kappa shape index (κ1) is 13.1. The summed E-state index contributed by atoms with van der Waals surface area (Å²) in [4.78, 5) is 9.93. The molecule has 98 valence electrons. The second kappa shape index (κ2) is 7.17. The van der Waals surface area contributed by atoms with Gasteiger partial charge in [0.15, 0.2) is 0 Å². The van der Waals surface area contributed by atoms with Gasteiger partial charge in [0, 0.05) is 12.6 Å². The van der Waals surface area contributed by atoms with Gasteiger partial charge >= 0.3 is 0 Å². The number of hydrogen-bond donors (Lipinski definition) is 1. The Balaban J connectivity index is 1.80. The number of nitrogens with one attached hydrogen (secondary N) is 1. The minimum atomic E-state index is 0.663. The van der Waals surface area contributed by atoms with Crippen molar-refractivity contribution in [2.75, 3.05) is 6.54 Å². The normalized spacial score (nSPS) is 13.4. The van der Waals surface area contributed by atoms with E-state index >= 15 is 0 Å². The van der Waals surface area contributed by atoms with Gasteiger partial charge in [0.05, 0.1) is 5.35 Å². The zero-order valence-corrected chi connectivity index (χ0v) is 11.1. The van der Waals surface area contributed by atoms with Crippen LogP contribution in [0.3, 0.4) is 0 Å². The standard InChI is InChI=1S/C15H22N2O/c1-2-3-4-7-12-16-18-15-11-10-13-8-5-6-9-14(13)17-15/h8-11,16H,2-7,12H2,1H3. The number of aromatic nitrogens is 1. The predicted molar refractivity (Wildman–Crippen MR) is 74.4 cm³/mol. The summed E-state index contributed by atoms with van der Waals surface area (Å²) in [6, 6.07) is 4.00. The fraction of sp³-hybridized carbons (Fsp3) is 0.533. The topological polar surface area (TPSA) is 34.1 Å². The van der Waals surface area contributed by atoms with Crippen molar-refractivity contribution >= 4 is 12.2 Å². The molecule has 0 saturated carbocycles. The van der Waals surface area contributed by atoms with E-state index in [1.165, 1.54) is 24.5 Å². The molecule has 0 amide bonds. The fourth-order valence-corrected chi connectivity index (χ4v) is 2.07. The Morgan fingerprint density at radius 2 is 2.06 bits per heavy atom. The van der Waals surface area contributed by atoms with Gasteiger partial charge in [-0.1, -0.05) is 38.3 Å². The van der Waals surface area contributed by atoms with Crippen LogP contribution in [0.5, 0.6) is 5.88 Å². The summed E-state index contributed by atoms with van der Waals surface area (Å²) in [6.07, 6.45) is 11.6. The first-order chi connectivity index (χ1) is 8.90. The molecule has 3 nitrogen and oxygen atoms in total. The number of hydrogen-bond acceptors (Lipinski definition) is 3. The highest BCUT2D eigenvalue weighted by molar-refractivity contribution is 5.36.